The molecular weight excluding hydrogens is 418 g/mol. The molecule has 0 saturated heterocycles. The number of aromatic nitrogens is 4. The lowest BCUT2D eigenvalue weighted by atomic mass is 9.92. The monoisotopic (exact) mass is 443 g/mol. The maximum absolute atomic E-state index is 13.1. The third-order valence-corrected chi connectivity index (χ3v) is 6.28. The molecule has 8 heteroatoms. The summed E-state index contributed by atoms with van der Waals surface area (Å²) >= 11 is 0. The molecule has 4 aromatic rings. The minimum absolute atomic E-state index is 0.160. The van der Waals surface area contributed by atoms with Crippen molar-refractivity contribution in [3.8, 4) is 11.4 Å². The summed E-state index contributed by atoms with van der Waals surface area (Å²) in [5, 5.41) is 13.3. The van der Waals surface area contributed by atoms with Crippen molar-refractivity contribution in [1.82, 2.24) is 24.9 Å². The molecule has 0 bridgehead atoms. The first-order valence-electron chi connectivity index (χ1n) is 11.0. The second-order valence-corrected chi connectivity index (χ2v) is 8.27. The van der Waals surface area contributed by atoms with Gasteiger partial charge in [-0.05, 0) is 56.5 Å². The van der Waals surface area contributed by atoms with Gasteiger partial charge in [-0.3, -0.25) is 9.59 Å². The van der Waals surface area contributed by atoms with Crippen LogP contribution in [0.4, 0.5) is 0 Å². The number of ether oxygens (including phenoxy) is 1. The van der Waals surface area contributed by atoms with Gasteiger partial charge in [0, 0.05) is 16.6 Å². The van der Waals surface area contributed by atoms with E-state index in [9.17, 15) is 9.59 Å². The molecule has 0 saturated carbocycles. The predicted molar refractivity (Wildman–Crippen MR) is 125 cm³/mol. The average molecular weight is 444 g/mol. The molecule has 2 heterocycles. The highest BCUT2D eigenvalue weighted by Crippen LogP contribution is 2.31. The summed E-state index contributed by atoms with van der Waals surface area (Å²) < 4.78 is 8.42. The smallest absolute Gasteiger partial charge is 0.275 e. The SMILES string of the molecule is COc1ccc(-n2ncc3c2CCCC3NC(=O)C(C)n2ncc3ccccc3c2=O)cc1. The zero-order chi connectivity index (χ0) is 22.9. The van der Waals surface area contributed by atoms with E-state index in [0.29, 0.717) is 5.39 Å². The van der Waals surface area contributed by atoms with Crippen LogP contribution in [0.5, 0.6) is 5.75 Å². The fraction of sp³-hybridized carbons (Fsp3) is 0.280. The number of hydrogen-bond donors (Lipinski definition) is 1. The summed E-state index contributed by atoms with van der Waals surface area (Å²) in [6, 6.07) is 14.1. The number of carbonyl (C=O) groups is 1. The van der Waals surface area contributed by atoms with Crippen LogP contribution in [-0.2, 0) is 11.2 Å². The highest BCUT2D eigenvalue weighted by molar-refractivity contribution is 5.82. The fourth-order valence-electron chi connectivity index (χ4n) is 4.44. The molecule has 2 aromatic heterocycles. The first-order valence-corrected chi connectivity index (χ1v) is 11.0. The summed E-state index contributed by atoms with van der Waals surface area (Å²) in [4.78, 5) is 26.0. The maximum atomic E-state index is 13.1. The molecule has 5 rings (SSSR count). The summed E-state index contributed by atoms with van der Waals surface area (Å²) in [5.41, 5.74) is 2.78. The first kappa shape index (κ1) is 20.9. The second kappa shape index (κ2) is 8.54. The van der Waals surface area contributed by atoms with Crippen LogP contribution in [0, 0.1) is 0 Å². The molecule has 33 heavy (non-hydrogen) atoms. The summed E-state index contributed by atoms with van der Waals surface area (Å²) in [6.45, 7) is 1.70. The first-order chi connectivity index (χ1) is 16.1. The van der Waals surface area contributed by atoms with Crippen molar-refractivity contribution in [2.24, 2.45) is 0 Å². The third kappa shape index (κ3) is 3.77. The molecule has 0 aliphatic heterocycles. The van der Waals surface area contributed by atoms with E-state index < -0.39 is 6.04 Å². The summed E-state index contributed by atoms with van der Waals surface area (Å²) in [6.07, 6.45) is 6.09. The normalized spacial score (nSPS) is 16.2. The largest absolute Gasteiger partial charge is 0.497 e. The van der Waals surface area contributed by atoms with E-state index in [2.05, 4.69) is 15.5 Å². The molecule has 1 N–H and O–H groups in total. The molecule has 0 radical (unpaired) electrons. The van der Waals surface area contributed by atoms with Crippen LogP contribution in [0.1, 0.15) is 43.1 Å². The van der Waals surface area contributed by atoms with Crippen molar-refractivity contribution in [1.29, 1.82) is 0 Å². The number of carbonyl (C=O) groups excluding carboxylic acids is 1. The van der Waals surface area contributed by atoms with Crippen molar-refractivity contribution >= 4 is 16.7 Å². The molecular formula is C25H25N5O3. The van der Waals surface area contributed by atoms with Gasteiger partial charge >= 0.3 is 0 Å². The van der Waals surface area contributed by atoms with Gasteiger partial charge in [-0.1, -0.05) is 18.2 Å². The molecule has 2 aromatic carbocycles. The lowest BCUT2D eigenvalue weighted by Gasteiger charge is -2.26. The zero-order valence-corrected chi connectivity index (χ0v) is 18.6. The number of fused-ring (bicyclic) bond motifs is 2. The van der Waals surface area contributed by atoms with Crippen LogP contribution < -0.4 is 15.6 Å². The number of hydrogen-bond acceptors (Lipinski definition) is 5. The zero-order valence-electron chi connectivity index (χ0n) is 18.6. The highest BCUT2D eigenvalue weighted by Gasteiger charge is 2.28. The molecule has 0 spiro atoms. The number of rotatable bonds is 5. The topological polar surface area (TPSA) is 91.0 Å². The van der Waals surface area contributed by atoms with Crippen LogP contribution in [-0.4, -0.2) is 32.6 Å². The van der Waals surface area contributed by atoms with Crippen LogP contribution in [0.3, 0.4) is 0 Å². The maximum Gasteiger partial charge on any atom is 0.275 e. The van der Waals surface area contributed by atoms with E-state index in [1.807, 2.05) is 53.3 Å². The molecule has 2 atom stereocenters. The minimum Gasteiger partial charge on any atom is -0.497 e. The number of benzene rings is 2. The Bertz CT molecular complexity index is 1370. The van der Waals surface area contributed by atoms with E-state index >= 15 is 0 Å². The molecule has 0 fully saturated rings. The van der Waals surface area contributed by atoms with Crippen molar-refractivity contribution in [3.05, 3.63) is 82.5 Å². The lowest BCUT2D eigenvalue weighted by molar-refractivity contribution is -0.125. The molecule has 8 nitrogen and oxygen atoms in total. The van der Waals surface area contributed by atoms with Crippen LogP contribution in [0.25, 0.3) is 16.5 Å². The van der Waals surface area contributed by atoms with Crippen molar-refractivity contribution in [2.45, 2.75) is 38.3 Å². The average Bonchev–Trinajstić information content (AvgIpc) is 3.29. The van der Waals surface area contributed by atoms with Gasteiger partial charge < -0.3 is 10.1 Å². The van der Waals surface area contributed by atoms with Gasteiger partial charge in [0.05, 0.1) is 36.6 Å². The van der Waals surface area contributed by atoms with Crippen molar-refractivity contribution in [3.63, 3.8) is 0 Å². The fourth-order valence-corrected chi connectivity index (χ4v) is 4.44. The Balaban J connectivity index is 1.39. The van der Waals surface area contributed by atoms with Gasteiger partial charge in [0.25, 0.3) is 5.56 Å². The Morgan fingerprint density at radius 2 is 1.91 bits per heavy atom. The van der Waals surface area contributed by atoms with E-state index in [0.717, 1.165) is 47.3 Å². The number of nitrogens with zero attached hydrogens (tertiary/aromatic N) is 4. The van der Waals surface area contributed by atoms with Crippen LogP contribution in [0.15, 0.2) is 65.7 Å². The standard InChI is InChI=1S/C25H25N5O3/c1-16(29-25(32)20-7-4-3-6-17(20)14-26-29)24(31)28-22-8-5-9-23-21(22)15-27-30(23)18-10-12-19(33-2)13-11-18/h3-4,6-7,10-16,22H,5,8-9H2,1-2H3,(H,28,31). The van der Waals surface area contributed by atoms with E-state index in [4.69, 9.17) is 4.74 Å². The van der Waals surface area contributed by atoms with Crippen LogP contribution >= 0.6 is 0 Å². The van der Waals surface area contributed by atoms with Gasteiger partial charge in [-0.25, -0.2) is 9.36 Å². The van der Waals surface area contributed by atoms with Crippen molar-refractivity contribution in [2.75, 3.05) is 7.11 Å². The minimum atomic E-state index is -0.732. The summed E-state index contributed by atoms with van der Waals surface area (Å²) in [5.74, 6) is 0.548. The van der Waals surface area contributed by atoms with Gasteiger partial charge in [0.2, 0.25) is 5.91 Å². The van der Waals surface area contributed by atoms with Crippen molar-refractivity contribution < 1.29 is 9.53 Å². The third-order valence-electron chi connectivity index (χ3n) is 6.28. The van der Waals surface area contributed by atoms with E-state index in [1.165, 1.54) is 4.68 Å². The Kier molecular flexibility index (Phi) is 5.42. The lowest BCUT2D eigenvalue weighted by Crippen LogP contribution is -2.39. The molecule has 1 aliphatic carbocycles. The Hall–Kier alpha value is -3.94. The summed E-state index contributed by atoms with van der Waals surface area (Å²) in [7, 11) is 1.64. The predicted octanol–water partition coefficient (Wildman–Crippen LogP) is 3.35. The number of methoxy groups -OCH3 is 1. The molecule has 2 unspecified atom stereocenters. The Labute approximate surface area is 190 Å². The van der Waals surface area contributed by atoms with Gasteiger partial charge in [0.1, 0.15) is 11.8 Å². The molecule has 168 valence electrons. The Morgan fingerprint density at radius 3 is 2.70 bits per heavy atom. The van der Waals surface area contributed by atoms with E-state index in [-0.39, 0.29) is 17.5 Å². The molecule has 1 aliphatic rings. The Morgan fingerprint density at radius 1 is 1.12 bits per heavy atom. The highest BCUT2D eigenvalue weighted by atomic mass is 16.5. The van der Waals surface area contributed by atoms with E-state index in [1.54, 1.807) is 26.3 Å². The van der Waals surface area contributed by atoms with Gasteiger partial charge in [0.15, 0.2) is 0 Å². The quantitative estimate of drug-likeness (QED) is 0.511. The number of nitrogens with one attached hydrogen (secondary N) is 1. The number of amides is 1. The molecule has 1 amide bonds. The van der Waals surface area contributed by atoms with Gasteiger partial charge in [-0.15, -0.1) is 0 Å². The van der Waals surface area contributed by atoms with Gasteiger partial charge in [-0.2, -0.15) is 10.2 Å². The van der Waals surface area contributed by atoms with Crippen LogP contribution in [0.2, 0.25) is 0 Å². The second-order valence-electron chi connectivity index (χ2n) is 8.27.